The lowest BCUT2D eigenvalue weighted by Crippen LogP contribution is -2.00. The molecule has 0 spiro atoms. The number of rotatable bonds is 3. The van der Waals surface area contributed by atoms with Crippen LogP contribution in [0.3, 0.4) is 0 Å². The third-order valence-electron chi connectivity index (χ3n) is 3.72. The Kier molecular flexibility index (Phi) is 2.94. The number of hydrogen-bond acceptors (Lipinski definition) is 4. The molecule has 22 heavy (non-hydrogen) atoms. The second-order valence-electron chi connectivity index (χ2n) is 5.06. The van der Waals surface area contributed by atoms with Crippen molar-refractivity contribution >= 4 is 11.0 Å². The van der Waals surface area contributed by atoms with Gasteiger partial charge >= 0.3 is 0 Å². The number of nitriles is 1. The fraction of sp³-hybridized carbons (Fsp3) is 0.176. The van der Waals surface area contributed by atoms with E-state index in [1.165, 1.54) is 0 Å². The van der Waals surface area contributed by atoms with Crippen molar-refractivity contribution in [2.45, 2.75) is 13.0 Å². The Morgan fingerprint density at radius 2 is 1.91 bits per heavy atom. The van der Waals surface area contributed by atoms with Gasteiger partial charge in [-0.2, -0.15) is 5.26 Å². The van der Waals surface area contributed by atoms with Crippen LogP contribution in [-0.2, 0) is 6.54 Å². The van der Waals surface area contributed by atoms with Crippen molar-refractivity contribution in [3.63, 3.8) is 0 Å². The van der Waals surface area contributed by atoms with Crippen LogP contribution in [-0.4, -0.2) is 16.3 Å². The lowest BCUT2D eigenvalue weighted by atomic mass is 10.2. The number of aromatic nitrogens is 2. The van der Waals surface area contributed by atoms with Crippen LogP contribution in [0.15, 0.2) is 42.5 Å². The molecule has 5 nitrogen and oxygen atoms in total. The number of hydrogen-bond donors (Lipinski definition) is 0. The lowest BCUT2D eigenvalue weighted by Gasteiger charge is -2.07. The summed E-state index contributed by atoms with van der Waals surface area (Å²) in [7, 11) is 0. The molecule has 0 saturated heterocycles. The van der Waals surface area contributed by atoms with E-state index in [2.05, 4.69) is 10.6 Å². The summed E-state index contributed by atoms with van der Waals surface area (Å²) in [6.45, 7) is 0.836. The quantitative estimate of drug-likeness (QED) is 0.742. The monoisotopic (exact) mass is 291 g/mol. The zero-order chi connectivity index (χ0) is 14.9. The third kappa shape index (κ3) is 1.97. The summed E-state index contributed by atoms with van der Waals surface area (Å²) in [5.41, 5.74) is 2.83. The van der Waals surface area contributed by atoms with Gasteiger partial charge in [-0.25, -0.2) is 4.98 Å². The second-order valence-corrected chi connectivity index (χ2v) is 5.06. The topological polar surface area (TPSA) is 60.1 Å². The molecule has 0 unspecified atom stereocenters. The number of imidazole rings is 1. The highest BCUT2D eigenvalue weighted by Crippen LogP contribution is 2.37. The van der Waals surface area contributed by atoms with Gasteiger partial charge in [0, 0.05) is 24.2 Å². The van der Waals surface area contributed by atoms with Crippen LogP contribution in [0.2, 0.25) is 0 Å². The van der Waals surface area contributed by atoms with Crippen LogP contribution in [0, 0.1) is 11.3 Å². The summed E-state index contributed by atoms with van der Waals surface area (Å²) in [5, 5.41) is 8.93. The maximum atomic E-state index is 8.93. The van der Waals surface area contributed by atoms with Crippen LogP contribution in [0.5, 0.6) is 11.5 Å². The molecule has 0 bridgehead atoms. The van der Waals surface area contributed by atoms with Gasteiger partial charge in [0.1, 0.15) is 5.82 Å². The van der Waals surface area contributed by atoms with Gasteiger partial charge in [0.05, 0.1) is 23.5 Å². The highest BCUT2D eigenvalue weighted by molar-refractivity contribution is 5.84. The summed E-state index contributed by atoms with van der Waals surface area (Å²) in [4.78, 5) is 4.73. The average molecular weight is 291 g/mol. The standard InChI is InChI=1S/C17H13N3O2/c18-7-4-8-20-14-10-16-15(21-11-22-16)9-13(14)19-17(20)12-5-2-1-3-6-12/h1-3,5-6,9-10H,4,8,11H2. The highest BCUT2D eigenvalue weighted by Gasteiger charge is 2.19. The Labute approximate surface area is 127 Å². The van der Waals surface area contributed by atoms with Gasteiger partial charge < -0.3 is 14.0 Å². The SMILES string of the molecule is N#CCCn1c(-c2ccccc2)nc2cc3c(cc21)OCO3. The van der Waals surface area contributed by atoms with E-state index in [0.29, 0.717) is 13.0 Å². The van der Waals surface area contributed by atoms with Crippen molar-refractivity contribution in [2.24, 2.45) is 0 Å². The first kappa shape index (κ1) is 12.7. The van der Waals surface area contributed by atoms with Gasteiger partial charge in [-0.05, 0) is 0 Å². The summed E-state index contributed by atoms with van der Waals surface area (Å²) in [6.07, 6.45) is 0.430. The summed E-state index contributed by atoms with van der Waals surface area (Å²) in [5.74, 6) is 2.30. The van der Waals surface area contributed by atoms with Gasteiger partial charge in [0.25, 0.3) is 0 Å². The molecule has 2 aromatic carbocycles. The molecule has 0 aliphatic carbocycles. The average Bonchev–Trinajstić information content (AvgIpc) is 3.15. The minimum atomic E-state index is 0.242. The van der Waals surface area contributed by atoms with Crippen LogP contribution < -0.4 is 9.47 Å². The first-order valence-electron chi connectivity index (χ1n) is 7.09. The molecule has 0 N–H and O–H groups in total. The normalized spacial score (nSPS) is 12.5. The molecule has 0 radical (unpaired) electrons. The van der Waals surface area contributed by atoms with E-state index in [4.69, 9.17) is 19.7 Å². The van der Waals surface area contributed by atoms with E-state index in [-0.39, 0.29) is 6.79 Å². The van der Waals surface area contributed by atoms with E-state index in [1.807, 2.05) is 42.5 Å². The van der Waals surface area contributed by atoms with Crippen LogP contribution in [0.25, 0.3) is 22.4 Å². The van der Waals surface area contributed by atoms with E-state index >= 15 is 0 Å². The molecule has 5 heteroatoms. The highest BCUT2D eigenvalue weighted by atomic mass is 16.7. The molecule has 0 fully saturated rings. The molecular weight excluding hydrogens is 278 g/mol. The number of benzene rings is 2. The minimum Gasteiger partial charge on any atom is -0.454 e. The zero-order valence-corrected chi connectivity index (χ0v) is 11.8. The molecule has 3 aromatic rings. The first-order valence-corrected chi connectivity index (χ1v) is 7.09. The fourth-order valence-electron chi connectivity index (χ4n) is 2.71. The first-order chi connectivity index (χ1) is 10.9. The van der Waals surface area contributed by atoms with E-state index in [0.717, 1.165) is 33.9 Å². The van der Waals surface area contributed by atoms with Crippen LogP contribution in [0.4, 0.5) is 0 Å². The zero-order valence-electron chi connectivity index (χ0n) is 11.8. The van der Waals surface area contributed by atoms with Crippen LogP contribution in [0.1, 0.15) is 6.42 Å². The second kappa shape index (κ2) is 5.08. The Balaban J connectivity index is 1.94. The van der Waals surface area contributed by atoms with Gasteiger partial charge in [0.2, 0.25) is 6.79 Å². The summed E-state index contributed by atoms with van der Waals surface area (Å²) in [6, 6.07) is 16.0. The molecule has 2 heterocycles. The molecule has 0 atom stereocenters. The van der Waals surface area contributed by atoms with Crippen molar-refractivity contribution in [1.29, 1.82) is 5.26 Å². The van der Waals surface area contributed by atoms with Crippen LogP contribution >= 0.6 is 0 Å². The van der Waals surface area contributed by atoms with Crippen molar-refractivity contribution < 1.29 is 9.47 Å². The van der Waals surface area contributed by atoms with Crippen molar-refractivity contribution in [1.82, 2.24) is 9.55 Å². The number of fused-ring (bicyclic) bond motifs is 2. The predicted octanol–water partition coefficient (Wildman–Crippen LogP) is 3.35. The largest absolute Gasteiger partial charge is 0.454 e. The van der Waals surface area contributed by atoms with E-state index in [1.54, 1.807) is 0 Å². The fourth-order valence-corrected chi connectivity index (χ4v) is 2.71. The number of nitrogens with zero attached hydrogens (tertiary/aromatic N) is 3. The maximum absolute atomic E-state index is 8.93. The molecule has 0 saturated carbocycles. The molecule has 1 aromatic heterocycles. The predicted molar refractivity (Wildman–Crippen MR) is 81.5 cm³/mol. The molecule has 108 valence electrons. The lowest BCUT2D eigenvalue weighted by molar-refractivity contribution is 0.174. The van der Waals surface area contributed by atoms with Crippen molar-refractivity contribution in [3.05, 3.63) is 42.5 Å². The molecule has 1 aliphatic rings. The minimum absolute atomic E-state index is 0.242. The van der Waals surface area contributed by atoms with Crippen molar-refractivity contribution in [2.75, 3.05) is 6.79 Å². The Morgan fingerprint density at radius 1 is 1.14 bits per heavy atom. The third-order valence-corrected chi connectivity index (χ3v) is 3.72. The Morgan fingerprint density at radius 3 is 2.68 bits per heavy atom. The van der Waals surface area contributed by atoms with Gasteiger partial charge in [-0.1, -0.05) is 30.3 Å². The van der Waals surface area contributed by atoms with Gasteiger partial charge in [-0.15, -0.1) is 0 Å². The Hall–Kier alpha value is -3.00. The van der Waals surface area contributed by atoms with E-state index in [9.17, 15) is 0 Å². The molecule has 0 amide bonds. The maximum Gasteiger partial charge on any atom is 0.231 e. The Bertz CT molecular complexity index is 878. The summed E-state index contributed by atoms with van der Waals surface area (Å²) >= 11 is 0. The van der Waals surface area contributed by atoms with Crippen molar-refractivity contribution in [3.8, 4) is 29.0 Å². The van der Waals surface area contributed by atoms with Gasteiger partial charge in [-0.3, -0.25) is 0 Å². The smallest absolute Gasteiger partial charge is 0.231 e. The summed E-state index contributed by atoms with van der Waals surface area (Å²) < 4.78 is 12.9. The molecular formula is C17H13N3O2. The number of ether oxygens (including phenoxy) is 2. The van der Waals surface area contributed by atoms with Gasteiger partial charge in [0.15, 0.2) is 11.5 Å². The van der Waals surface area contributed by atoms with E-state index < -0.39 is 0 Å². The number of aryl methyl sites for hydroxylation is 1. The molecule has 4 rings (SSSR count). The molecule has 1 aliphatic heterocycles.